The number of aryl methyl sites for hydroxylation is 7. The van der Waals surface area contributed by atoms with E-state index in [2.05, 4.69) is 132 Å². The summed E-state index contributed by atoms with van der Waals surface area (Å²) in [6.45, 7) is 16.5. The molecule has 0 saturated heterocycles. The van der Waals surface area contributed by atoms with E-state index in [1.807, 2.05) is 0 Å². The number of para-hydroxylation sites is 1. The van der Waals surface area contributed by atoms with Crippen molar-refractivity contribution in [3.63, 3.8) is 0 Å². The minimum absolute atomic E-state index is 0.0330. The minimum atomic E-state index is 0.0330. The predicted octanol–water partition coefficient (Wildman–Crippen LogP) is 7.44. The first kappa shape index (κ1) is 25.3. The third-order valence-electron chi connectivity index (χ3n) is 8.34. The second-order valence-corrected chi connectivity index (χ2v) is 11.3. The van der Waals surface area contributed by atoms with Gasteiger partial charge in [0.2, 0.25) is 0 Å². The predicted molar refractivity (Wildman–Crippen MR) is 169 cm³/mol. The van der Waals surface area contributed by atoms with Crippen LogP contribution in [0.2, 0.25) is 0 Å². The number of hydrogen-bond acceptors (Lipinski definition) is 1. The van der Waals surface area contributed by atoms with Crippen LogP contribution >= 0.6 is 0 Å². The Kier molecular flexibility index (Phi) is 6.26. The van der Waals surface area contributed by atoms with Crippen molar-refractivity contribution in [2.45, 2.75) is 55.0 Å². The van der Waals surface area contributed by atoms with Crippen LogP contribution in [-0.2, 0) is 6.54 Å². The quantitative estimate of drug-likeness (QED) is 0.221. The van der Waals surface area contributed by atoms with Gasteiger partial charge in [0.05, 0.1) is 5.66 Å². The summed E-state index contributed by atoms with van der Waals surface area (Å²) in [5.74, 6) is 0.912. The molecule has 2 heterocycles. The smallest absolute Gasteiger partial charge is 0.288 e. The molecule has 0 saturated carbocycles. The molecule has 0 radical (unpaired) electrons. The minimum Gasteiger partial charge on any atom is -0.470 e. The van der Waals surface area contributed by atoms with Crippen molar-refractivity contribution in [2.75, 3.05) is 0 Å². The maximum absolute atomic E-state index is 6.81. The summed E-state index contributed by atoms with van der Waals surface area (Å²) >= 11 is 0. The van der Waals surface area contributed by atoms with Crippen LogP contribution in [0.1, 0.15) is 40.3 Å². The molecule has 0 fully saturated rings. The molecule has 2 aromatic heterocycles. The zero-order valence-electron chi connectivity index (χ0n) is 24.1. The van der Waals surface area contributed by atoms with E-state index in [4.69, 9.17) is 4.42 Å². The number of fused-ring (bicyclic) bond motifs is 3. The lowest BCUT2D eigenvalue weighted by atomic mass is 9.36. The van der Waals surface area contributed by atoms with Gasteiger partial charge >= 0.3 is 0 Å². The number of furan rings is 1. The zero-order chi connectivity index (χ0) is 27.4. The molecule has 194 valence electrons. The molecule has 39 heavy (non-hydrogen) atoms. The number of nitrogens with zero attached hydrogens (tertiary/aromatic N) is 1. The van der Waals surface area contributed by atoms with Crippen LogP contribution in [0.4, 0.5) is 0 Å². The van der Waals surface area contributed by atoms with E-state index in [9.17, 15) is 0 Å². The van der Waals surface area contributed by atoms with Crippen molar-refractivity contribution in [2.24, 2.45) is 0 Å². The van der Waals surface area contributed by atoms with E-state index in [-0.39, 0.29) is 6.71 Å². The maximum atomic E-state index is 6.81. The fourth-order valence-corrected chi connectivity index (χ4v) is 6.93. The average Bonchev–Trinajstić information content (AvgIpc) is 3.49. The standard InChI is InChI=1S/C36H36BNO/c1-8-38-31-12-10-9-11-29(31)30-21-28(13-14-32(30)38)33-15-16-34(39-33)37(35-24(4)17-22(2)18-25(35)5)36-26(6)19-23(3)20-27(36)7/h9-21H,8H2,1-7H3. The molecule has 0 N–H and O–H groups in total. The summed E-state index contributed by atoms with van der Waals surface area (Å²) < 4.78 is 9.20. The molecule has 0 atom stereocenters. The summed E-state index contributed by atoms with van der Waals surface area (Å²) in [5, 5.41) is 2.56. The zero-order valence-corrected chi connectivity index (χ0v) is 24.1. The van der Waals surface area contributed by atoms with Crippen LogP contribution in [0.5, 0.6) is 0 Å². The Hall–Kier alpha value is -3.98. The summed E-state index contributed by atoms with van der Waals surface area (Å²) in [6.07, 6.45) is 0. The van der Waals surface area contributed by atoms with Crippen LogP contribution in [0, 0.1) is 41.5 Å². The van der Waals surface area contributed by atoms with Crippen LogP contribution in [-0.4, -0.2) is 11.3 Å². The SMILES string of the molecule is CCn1c2ccccc2c2cc(-c3ccc(B(c4c(C)cc(C)cc4C)c4c(C)cc(C)cc4C)o3)ccc21. The molecule has 0 aliphatic rings. The molecule has 6 rings (SSSR count). The molecule has 3 heteroatoms. The van der Waals surface area contributed by atoms with Gasteiger partial charge in [0.15, 0.2) is 0 Å². The van der Waals surface area contributed by atoms with Crippen LogP contribution in [0.3, 0.4) is 0 Å². The molecule has 0 unspecified atom stereocenters. The van der Waals surface area contributed by atoms with E-state index < -0.39 is 0 Å². The molecule has 6 aromatic rings. The Balaban J connectivity index is 1.54. The molecular formula is C36H36BNO. The highest BCUT2D eigenvalue weighted by molar-refractivity contribution is 6.95. The molecule has 4 aromatic carbocycles. The number of rotatable bonds is 5. The second-order valence-electron chi connectivity index (χ2n) is 11.3. The van der Waals surface area contributed by atoms with Gasteiger partial charge in [-0.3, -0.25) is 0 Å². The average molecular weight is 510 g/mol. The second kappa shape index (κ2) is 9.65. The van der Waals surface area contributed by atoms with Gasteiger partial charge in [-0.1, -0.05) is 86.8 Å². The van der Waals surface area contributed by atoms with E-state index in [1.54, 1.807) is 0 Å². The lowest BCUT2D eigenvalue weighted by Gasteiger charge is -2.22. The van der Waals surface area contributed by atoms with E-state index >= 15 is 0 Å². The van der Waals surface area contributed by atoms with Gasteiger partial charge in [0.1, 0.15) is 5.76 Å². The monoisotopic (exact) mass is 509 g/mol. The molecule has 0 spiro atoms. The molecule has 0 aliphatic carbocycles. The highest BCUT2D eigenvalue weighted by Crippen LogP contribution is 2.32. The first-order valence-corrected chi connectivity index (χ1v) is 14.0. The van der Waals surface area contributed by atoms with Gasteiger partial charge in [-0.25, -0.2) is 0 Å². The fourth-order valence-electron chi connectivity index (χ4n) is 6.93. The molecule has 0 bridgehead atoms. The highest BCUT2D eigenvalue weighted by Gasteiger charge is 2.31. The Morgan fingerprint density at radius 3 is 1.77 bits per heavy atom. The van der Waals surface area contributed by atoms with Crippen molar-refractivity contribution in [1.29, 1.82) is 0 Å². The molecular weight excluding hydrogens is 473 g/mol. The van der Waals surface area contributed by atoms with Crippen molar-refractivity contribution in [1.82, 2.24) is 4.57 Å². The van der Waals surface area contributed by atoms with Crippen LogP contribution < -0.4 is 16.6 Å². The maximum Gasteiger partial charge on any atom is 0.288 e. The lowest BCUT2D eigenvalue weighted by molar-refractivity contribution is 0.616. The van der Waals surface area contributed by atoms with Gasteiger partial charge in [-0.05, 0) is 84.9 Å². The number of hydrogen-bond donors (Lipinski definition) is 0. The summed E-state index contributed by atoms with van der Waals surface area (Å²) in [7, 11) is 0. The van der Waals surface area contributed by atoms with Crippen molar-refractivity contribution in [3.8, 4) is 11.3 Å². The Morgan fingerprint density at radius 1 is 0.615 bits per heavy atom. The largest absolute Gasteiger partial charge is 0.470 e. The third kappa shape index (κ3) is 4.21. The summed E-state index contributed by atoms with van der Waals surface area (Å²) in [4.78, 5) is 0. The van der Waals surface area contributed by atoms with Crippen LogP contribution in [0.25, 0.3) is 33.1 Å². The van der Waals surface area contributed by atoms with Crippen molar-refractivity contribution in [3.05, 3.63) is 112 Å². The van der Waals surface area contributed by atoms with Gasteiger partial charge < -0.3 is 8.98 Å². The van der Waals surface area contributed by atoms with Gasteiger partial charge in [0.25, 0.3) is 6.71 Å². The molecule has 0 amide bonds. The van der Waals surface area contributed by atoms with Crippen molar-refractivity contribution >= 4 is 45.1 Å². The van der Waals surface area contributed by atoms with Gasteiger partial charge in [-0.2, -0.15) is 0 Å². The summed E-state index contributed by atoms with van der Waals surface area (Å²) in [5.41, 5.74) is 15.2. The Labute approximate surface area is 232 Å². The lowest BCUT2D eigenvalue weighted by Crippen LogP contribution is -2.55. The van der Waals surface area contributed by atoms with Gasteiger partial charge in [-0.15, -0.1) is 0 Å². The number of benzene rings is 4. The Bertz CT molecular complexity index is 1770. The van der Waals surface area contributed by atoms with Crippen LogP contribution in [0.15, 0.2) is 83.3 Å². The van der Waals surface area contributed by atoms with E-state index in [0.29, 0.717) is 0 Å². The topological polar surface area (TPSA) is 18.1 Å². The first-order chi connectivity index (χ1) is 18.8. The van der Waals surface area contributed by atoms with Gasteiger partial charge in [0, 0.05) is 33.9 Å². The Morgan fingerprint density at radius 2 is 1.18 bits per heavy atom. The fraction of sp³-hybridized carbons (Fsp3) is 0.222. The molecule has 0 aliphatic heterocycles. The highest BCUT2D eigenvalue weighted by atomic mass is 16.3. The van der Waals surface area contributed by atoms with E-state index in [0.717, 1.165) is 23.5 Å². The molecule has 2 nitrogen and oxygen atoms in total. The van der Waals surface area contributed by atoms with E-state index in [1.165, 1.54) is 66.1 Å². The number of aromatic nitrogens is 1. The summed E-state index contributed by atoms with van der Waals surface area (Å²) in [6, 6.07) is 29.0. The first-order valence-electron chi connectivity index (χ1n) is 14.0. The third-order valence-corrected chi connectivity index (χ3v) is 8.34. The normalized spacial score (nSPS) is 11.6. The van der Waals surface area contributed by atoms with Crippen molar-refractivity contribution < 1.29 is 4.42 Å².